The van der Waals surface area contributed by atoms with Crippen LogP contribution in [0.5, 0.6) is 0 Å². The summed E-state index contributed by atoms with van der Waals surface area (Å²) in [7, 11) is 1.86. The molecule has 3 aromatic rings. The van der Waals surface area contributed by atoms with Gasteiger partial charge < -0.3 is 10.2 Å². The average molecular weight is 404 g/mol. The second-order valence-electron chi connectivity index (χ2n) is 6.81. The summed E-state index contributed by atoms with van der Waals surface area (Å²) < 4.78 is 40.5. The molecule has 0 amide bonds. The summed E-state index contributed by atoms with van der Waals surface area (Å²) in [5.41, 5.74) is 0.0198. The van der Waals surface area contributed by atoms with E-state index < -0.39 is 11.7 Å². The monoisotopic (exact) mass is 404 g/mol. The number of benzene rings is 1. The van der Waals surface area contributed by atoms with Crippen molar-refractivity contribution in [1.82, 2.24) is 20.2 Å². The first-order valence-corrected chi connectivity index (χ1v) is 9.33. The zero-order chi connectivity index (χ0) is 21.0. The standard InChI is InChI=1S/C20H23F3N6/c1-4-5-10-29(3)18-12-16(24-17-11-13(2)27-28-17)25-19(26-18)14-8-6-7-9-15(14)20(21,22)23/h6-9,11-12H,4-5,10H2,1-3H3,(H2,24,25,26,27,28). The van der Waals surface area contributed by atoms with E-state index in [1.807, 2.05) is 18.9 Å². The topological polar surface area (TPSA) is 69.7 Å². The van der Waals surface area contributed by atoms with Crippen LogP contribution in [0.1, 0.15) is 31.0 Å². The highest BCUT2D eigenvalue weighted by Gasteiger charge is 2.34. The second-order valence-corrected chi connectivity index (χ2v) is 6.81. The fraction of sp³-hybridized carbons (Fsp3) is 0.350. The summed E-state index contributed by atoms with van der Waals surface area (Å²) in [5.74, 6) is 1.44. The molecule has 9 heteroatoms. The van der Waals surface area contributed by atoms with Gasteiger partial charge in [0, 0.05) is 37.0 Å². The first-order chi connectivity index (χ1) is 13.8. The van der Waals surface area contributed by atoms with Crippen molar-refractivity contribution in [3.05, 3.63) is 47.7 Å². The maximum Gasteiger partial charge on any atom is 0.417 e. The number of nitrogens with one attached hydrogen (secondary N) is 2. The first kappa shape index (κ1) is 20.6. The molecule has 0 fully saturated rings. The maximum absolute atomic E-state index is 13.5. The molecule has 1 aromatic carbocycles. The van der Waals surface area contributed by atoms with E-state index in [2.05, 4.69) is 32.4 Å². The van der Waals surface area contributed by atoms with Crippen molar-refractivity contribution in [2.75, 3.05) is 23.8 Å². The third-order valence-electron chi connectivity index (χ3n) is 4.39. The van der Waals surface area contributed by atoms with Gasteiger partial charge in [0.2, 0.25) is 0 Å². The predicted octanol–water partition coefficient (Wildman–Crippen LogP) is 5.17. The fourth-order valence-electron chi connectivity index (χ4n) is 2.86. The largest absolute Gasteiger partial charge is 0.417 e. The molecule has 3 rings (SSSR count). The van der Waals surface area contributed by atoms with Crippen molar-refractivity contribution < 1.29 is 13.2 Å². The van der Waals surface area contributed by atoms with Crippen molar-refractivity contribution in [3.63, 3.8) is 0 Å². The molecular weight excluding hydrogens is 381 g/mol. The van der Waals surface area contributed by atoms with Crippen LogP contribution in [-0.2, 0) is 6.18 Å². The zero-order valence-corrected chi connectivity index (χ0v) is 16.5. The highest BCUT2D eigenvalue weighted by atomic mass is 19.4. The Balaban J connectivity index is 2.07. The van der Waals surface area contributed by atoms with Crippen LogP contribution in [0.3, 0.4) is 0 Å². The van der Waals surface area contributed by atoms with Crippen LogP contribution in [-0.4, -0.2) is 33.8 Å². The zero-order valence-electron chi connectivity index (χ0n) is 16.5. The lowest BCUT2D eigenvalue weighted by Gasteiger charge is -2.20. The Morgan fingerprint density at radius 3 is 2.52 bits per heavy atom. The van der Waals surface area contributed by atoms with E-state index in [1.54, 1.807) is 18.2 Å². The van der Waals surface area contributed by atoms with Crippen LogP contribution >= 0.6 is 0 Å². The normalized spacial score (nSPS) is 11.5. The van der Waals surface area contributed by atoms with Crippen molar-refractivity contribution in [2.24, 2.45) is 0 Å². The van der Waals surface area contributed by atoms with Gasteiger partial charge >= 0.3 is 6.18 Å². The molecular formula is C20H23F3N6. The minimum absolute atomic E-state index is 0.00790. The van der Waals surface area contributed by atoms with Gasteiger partial charge in [-0.3, -0.25) is 5.10 Å². The fourth-order valence-corrected chi connectivity index (χ4v) is 2.86. The number of aromatic nitrogens is 4. The number of H-pyrrole nitrogens is 1. The third-order valence-corrected chi connectivity index (χ3v) is 4.39. The van der Waals surface area contributed by atoms with E-state index in [-0.39, 0.29) is 11.4 Å². The van der Waals surface area contributed by atoms with Gasteiger partial charge in [-0.1, -0.05) is 31.5 Å². The lowest BCUT2D eigenvalue weighted by atomic mass is 10.1. The molecule has 2 N–H and O–H groups in total. The number of alkyl halides is 3. The Hall–Kier alpha value is -3.10. The van der Waals surface area contributed by atoms with E-state index in [0.29, 0.717) is 17.5 Å². The van der Waals surface area contributed by atoms with Crippen molar-refractivity contribution >= 4 is 17.5 Å². The highest BCUT2D eigenvalue weighted by Crippen LogP contribution is 2.36. The molecule has 0 radical (unpaired) electrons. The molecule has 0 bridgehead atoms. The lowest BCUT2D eigenvalue weighted by Crippen LogP contribution is -2.20. The highest BCUT2D eigenvalue weighted by molar-refractivity contribution is 5.67. The van der Waals surface area contributed by atoms with E-state index in [0.717, 1.165) is 31.1 Å². The van der Waals surface area contributed by atoms with Crippen LogP contribution < -0.4 is 10.2 Å². The van der Waals surface area contributed by atoms with E-state index in [1.165, 1.54) is 12.1 Å². The Labute approximate surface area is 167 Å². The van der Waals surface area contributed by atoms with Crippen molar-refractivity contribution in [3.8, 4) is 11.4 Å². The van der Waals surface area contributed by atoms with E-state index in [4.69, 9.17) is 0 Å². The number of halogens is 3. The summed E-state index contributed by atoms with van der Waals surface area (Å²) in [4.78, 5) is 10.7. The van der Waals surface area contributed by atoms with Crippen LogP contribution in [0.4, 0.5) is 30.6 Å². The molecule has 0 unspecified atom stereocenters. The molecule has 0 saturated carbocycles. The quantitative estimate of drug-likeness (QED) is 0.568. The number of rotatable bonds is 7. The number of hydrogen-bond donors (Lipinski definition) is 2. The smallest absolute Gasteiger partial charge is 0.359 e. The van der Waals surface area contributed by atoms with Gasteiger partial charge in [0.15, 0.2) is 11.6 Å². The number of unbranched alkanes of at least 4 members (excludes halogenated alkanes) is 1. The second kappa shape index (κ2) is 8.50. The van der Waals surface area contributed by atoms with Crippen LogP contribution in [0.2, 0.25) is 0 Å². The van der Waals surface area contributed by atoms with Crippen LogP contribution in [0, 0.1) is 6.92 Å². The molecule has 0 aliphatic carbocycles. The molecule has 0 aliphatic rings. The number of aryl methyl sites for hydroxylation is 1. The lowest BCUT2D eigenvalue weighted by molar-refractivity contribution is -0.137. The predicted molar refractivity (Wildman–Crippen MR) is 107 cm³/mol. The molecule has 0 saturated heterocycles. The summed E-state index contributed by atoms with van der Waals surface area (Å²) in [6.45, 7) is 4.66. The number of nitrogens with zero attached hydrogens (tertiary/aromatic N) is 4. The summed E-state index contributed by atoms with van der Waals surface area (Å²) in [6, 6.07) is 8.82. The van der Waals surface area contributed by atoms with Gasteiger partial charge in [-0.2, -0.15) is 18.3 Å². The SMILES string of the molecule is CCCCN(C)c1cc(Nc2cc(C)[nH]n2)nc(-c2ccccc2C(F)(F)F)n1. The average Bonchev–Trinajstić information content (AvgIpc) is 3.09. The van der Waals surface area contributed by atoms with Gasteiger partial charge in [-0.05, 0) is 19.4 Å². The van der Waals surface area contributed by atoms with Gasteiger partial charge in [0.05, 0.1) is 5.56 Å². The Morgan fingerprint density at radius 1 is 1.10 bits per heavy atom. The molecule has 29 heavy (non-hydrogen) atoms. The number of hydrogen-bond acceptors (Lipinski definition) is 5. The van der Waals surface area contributed by atoms with Gasteiger partial charge in [-0.25, -0.2) is 9.97 Å². The Bertz CT molecular complexity index is 967. The third kappa shape index (κ3) is 5.04. The van der Waals surface area contributed by atoms with Gasteiger partial charge in [0.25, 0.3) is 0 Å². The van der Waals surface area contributed by atoms with Gasteiger partial charge in [-0.15, -0.1) is 0 Å². The van der Waals surface area contributed by atoms with Crippen LogP contribution in [0.15, 0.2) is 36.4 Å². The molecule has 2 heterocycles. The first-order valence-electron chi connectivity index (χ1n) is 9.33. The summed E-state index contributed by atoms with van der Waals surface area (Å²) >= 11 is 0. The Kier molecular flexibility index (Phi) is 6.05. The molecule has 154 valence electrons. The minimum atomic E-state index is -4.50. The maximum atomic E-state index is 13.5. The molecule has 0 spiro atoms. The van der Waals surface area contributed by atoms with Crippen molar-refractivity contribution in [1.29, 1.82) is 0 Å². The minimum Gasteiger partial charge on any atom is -0.359 e. The van der Waals surface area contributed by atoms with Crippen LogP contribution in [0.25, 0.3) is 11.4 Å². The molecule has 6 nitrogen and oxygen atoms in total. The molecule has 0 aliphatic heterocycles. The Morgan fingerprint density at radius 2 is 1.86 bits per heavy atom. The number of anilines is 3. The van der Waals surface area contributed by atoms with E-state index in [9.17, 15) is 13.2 Å². The summed E-state index contributed by atoms with van der Waals surface area (Å²) in [5, 5.41) is 9.96. The van der Waals surface area contributed by atoms with E-state index >= 15 is 0 Å². The molecule has 2 aromatic heterocycles. The number of aromatic amines is 1. The summed E-state index contributed by atoms with van der Waals surface area (Å²) in [6.07, 6.45) is -2.57. The van der Waals surface area contributed by atoms with Crippen molar-refractivity contribution in [2.45, 2.75) is 32.9 Å². The van der Waals surface area contributed by atoms with Gasteiger partial charge in [0.1, 0.15) is 11.6 Å². The molecule has 0 atom stereocenters.